The summed E-state index contributed by atoms with van der Waals surface area (Å²) in [4.78, 5) is 10.7. The molecule has 0 N–H and O–H groups in total. The predicted molar refractivity (Wildman–Crippen MR) is 244 cm³/mol. The molecule has 0 aliphatic rings. The maximum Gasteiger partial charge on any atom is 0.162 e. The third-order valence-corrected chi connectivity index (χ3v) is 11.7. The third kappa shape index (κ3) is 5.40. The molecule has 0 aliphatic heterocycles. The standard InChI is InChI=1S/C54H35N5/c1-3-14-36(15-4-1)47-35-53(56-54(55-47)40-26-28-45-43-21-8-11-24-49(43)58(52(45)34-40)41-18-5-2-6-19-41)59-50-25-12-9-22-44(50)46-33-39(27-29-51(46)59)38-17-13-20-42(32-38)57-31-30-37-16-7-10-23-48(37)57/h1-35H. The first-order valence-electron chi connectivity index (χ1n) is 20.0. The summed E-state index contributed by atoms with van der Waals surface area (Å²) < 4.78 is 6.91. The van der Waals surface area contributed by atoms with Crippen LogP contribution in [0, 0.1) is 0 Å². The van der Waals surface area contributed by atoms with Crippen LogP contribution in [0.4, 0.5) is 0 Å². The van der Waals surface area contributed by atoms with Crippen LogP contribution in [0.15, 0.2) is 212 Å². The van der Waals surface area contributed by atoms with Gasteiger partial charge in [-0.05, 0) is 83.2 Å². The van der Waals surface area contributed by atoms with Crippen LogP contribution in [-0.4, -0.2) is 23.7 Å². The van der Waals surface area contributed by atoms with E-state index in [0.29, 0.717) is 5.82 Å². The van der Waals surface area contributed by atoms with E-state index in [1.807, 2.05) is 6.07 Å². The highest BCUT2D eigenvalue weighted by atomic mass is 15.1. The Morgan fingerprint density at radius 1 is 0.322 bits per heavy atom. The number of fused-ring (bicyclic) bond motifs is 7. The van der Waals surface area contributed by atoms with Gasteiger partial charge in [0.2, 0.25) is 0 Å². The van der Waals surface area contributed by atoms with Crippen LogP contribution in [-0.2, 0) is 0 Å². The van der Waals surface area contributed by atoms with Gasteiger partial charge >= 0.3 is 0 Å². The average Bonchev–Trinajstić information content (AvgIpc) is 3.99. The Balaban J connectivity index is 1.05. The van der Waals surface area contributed by atoms with Crippen molar-refractivity contribution < 1.29 is 0 Å². The highest BCUT2D eigenvalue weighted by molar-refractivity contribution is 6.11. The summed E-state index contributed by atoms with van der Waals surface area (Å²) in [5.74, 6) is 1.49. The molecule has 276 valence electrons. The lowest BCUT2D eigenvalue weighted by molar-refractivity contribution is 1.05. The minimum absolute atomic E-state index is 0.671. The van der Waals surface area contributed by atoms with Gasteiger partial charge in [0.25, 0.3) is 0 Å². The van der Waals surface area contributed by atoms with Crippen LogP contribution in [0.3, 0.4) is 0 Å². The first-order chi connectivity index (χ1) is 29.2. The fourth-order valence-corrected chi connectivity index (χ4v) is 8.94. The molecule has 0 saturated heterocycles. The molecule has 8 aromatic carbocycles. The SMILES string of the molecule is c1ccc(-c2cc(-n3c4ccccc4c4cc(-c5cccc(-n6ccc7ccccc76)c5)ccc43)nc(-c3ccc4c5ccccc5n(-c5ccccc5)c4c3)n2)cc1. The summed E-state index contributed by atoms with van der Waals surface area (Å²) in [5.41, 5.74) is 13.1. The molecule has 12 aromatic rings. The van der Waals surface area contributed by atoms with Crippen molar-refractivity contribution in [1.82, 2.24) is 23.7 Å². The molecule has 0 unspecified atom stereocenters. The highest BCUT2D eigenvalue weighted by Crippen LogP contribution is 2.38. The smallest absolute Gasteiger partial charge is 0.162 e. The van der Waals surface area contributed by atoms with Gasteiger partial charge in [-0.15, -0.1) is 0 Å². The zero-order valence-corrected chi connectivity index (χ0v) is 31.9. The number of hydrogen-bond acceptors (Lipinski definition) is 2. The molecule has 59 heavy (non-hydrogen) atoms. The van der Waals surface area contributed by atoms with Gasteiger partial charge in [0, 0.05) is 56.3 Å². The number of nitrogens with zero attached hydrogens (tertiary/aromatic N) is 5. The van der Waals surface area contributed by atoms with E-state index in [-0.39, 0.29) is 0 Å². The number of rotatable bonds is 6. The van der Waals surface area contributed by atoms with Crippen molar-refractivity contribution in [2.75, 3.05) is 0 Å². The lowest BCUT2D eigenvalue weighted by atomic mass is 10.0. The Hall–Kier alpha value is -8.02. The van der Waals surface area contributed by atoms with E-state index >= 15 is 0 Å². The number of aromatic nitrogens is 5. The molecule has 5 nitrogen and oxygen atoms in total. The summed E-state index contributed by atoms with van der Waals surface area (Å²) in [6, 6.07) is 73.3. The highest BCUT2D eigenvalue weighted by Gasteiger charge is 2.19. The Morgan fingerprint density at radius 3 is 1.76 bits per heavy atom. The fraction of sp³-hybridized carbons (Fsp3) is 0. The molecule has 0 atom stereocenters. The Bertz CT molecular complexity index is 3550. The lowest BCUT2D eigenvalue weighted by Gasteiger charge is -2.13. The van der Waals surface area contributed by atoms with Gasteiger partial charge in [0.1, 0.15) is 5.82 Å². The average molecular weight is 754 g/mol. The minimum Gasteiger partial charge on any atom is -0.317 e. The second kappa shape index (κ2) is 13.3. The van der Waals surface area contributed by atoms with Crippen molar-refractivity contribution in [2.24, 2.45) is 0 Å². The van der Waals surface area contributed by atoms with Gasteiger partial charge in [0.15, 0.2) is 5.82 Å². The fourth-order valence-electron chi connectivity index (χ4n) is 8.94. The molecule has 4 heterocycles. The first-order valence-corrected chi connectivity index (χ1v) is 20.0. The van der Waals surface area contributed by atoms with Gasteiger partial charge in [-0.2, -0.15) is 0 Å². The molecule has 0 bridgehead atoms. The first kappa shape index (κ1) is 33.2. The van der Waals surface area contributed by atoms with E-state index in [4.69, 9.17) is 9.97 Å². The van der Waals surface area contributed by atoms with Crippen molar-refractivity contribution in [1.29, 1.82) is 0 Å². The van der Waals surface area contributed by atoms with E-state index in [1.165, 1.54) is 38.0 Å². The van der Waals surface area contributed by atoms with Crippen LogP contribution in [0.5, 0.6) is 0 Å². The monoisotopic (exact) mass is 753 g/mol. The molecule has 5 heteroatoms. The van der Waals surface area contributed by atoms with E-state index < -0.39 is 0 Å². The van der Waals surface area contributed by atoms with Crippen molar-refractivity contribution in [3.63, 3.8) is 0 Å². The predicted octanol–water partition coefficient (Wildman–Crippen LogP) is 13.6. The topological polar surface area (TPSA) is 40.6 Å². The van der Waals surface area contributed by atoms with Crippen molar-refractivity contribution in [2.45, 2.75) is 0 Å². The zero-order valence-electron chi connectivity index (χ0n) is 31.9. The second-order valence-electron chi connectivity index (χ2n) is 15.1. The molecular formula is C54H35N5. The summed E-state index contributed by atoms with van der Waals surface area (Å²) in [6.45, 7) is 0. The number of para-hydroxylation sites is 4. The second-order valence-corrected chi connectivity index (χ2v) is 15.1. The van der Waals surface area contributed by atoms with Gasteiger partial charge in [-0.1, -0.05) is 133 Å². The zero-order chi connectivity index (χ0) is 38.9. The third-order valence-electron chi connectivity index (χ3n) is 11.7. The van der Waals surface area contributed by atoms with Crippen molar-refractivity contribution in [3.05, 3.63) is 212 Å². The van der Waals surface area contributed by atoms with Gasteiger partial charge in [0.05, 0.1) is 33.3 Å². The summed E-state index contributed by atoms with van der Waals surface area (Å²) in [6.07, 6.45) is 2.15. The Morgan fingerprint density at radius 2 is 0.932 bits per heavy atom. The lowest BCUT2D eigenvalue weighted by Crippen LogP contribution is -2.02. The normalized spacial score (nSPS) is 11.7. The maximum atomic E-state index is 5.42. The minimum atomic E-state index is 0.671. The molecule has 0 fully saturated rings. The molecule has 0 aliphatic carbocycles. The summed E-state index contributed by atoms with van der Waals surface area (Å²) in [5, 5.41) is 5.98. The summed E-state index contributed by atoms with van der Waals surface area (Å²) in [7, 11) is 0. The van der Waals surface area contributed by atoms with Gasteiger partial charge in [-0.3, -0.25) is 4.57 Å². The van der Waals surface area contributed by atoms with Crippen LogP contribution in [0.25, 0.3) is 105 Å². The van der Waals surface area contributed by atoms with Crippen LogP contribution in [0.1, 0.15) is 0 Å². The molecular weight excluding hydrogens is 719 g/mol. The largest absolute Gasteiger partial charge is 0.317 e. The van der Waals surface area contributed by atoms with Crippen LogP contribution >= 0.6 is 0 Å². The van der Waals surface area contributed by atoms with Crippen molar-refractivity contribution in [3.8, 4) is 51.0 Å². The summed E-state index contributed by atoms with van der Waals surface area (Å²) >= 11 is 0. The van der Waals surface area contributed by atoms with Crippen LogP contribution in [0.2, 0.25) is 0 Å². The van der Waals surface area contributed by atoms with Crippen LogP contribution < -0.4 is 0 Å². The number of hydrogen-bond donors (Lipinski definition) is 0. The van der Waals surface area contributed by atoms with E-state index in [0.717, 1.165) is 61.7 Å². The van der Waals surface area contributed by atoms with E-state index in [1.54, 1.807) is 0 Å². The Labute approximate surface area is 340 Å². The molecule has 0 saturated carbocycles. The maximum absolute atomic E-state index is 5.42. The van der Waals surface area contributed by atoms with Crippen molar-refractivity contribution >= 4 is 54.5 Å². The molecule has 12 rings (SSSR count). The van der Waals surface area contributed by atoms with E-state index in [9.17, 15) is 0 Å². The van der Waals surface area contributed by atoms with E-state index in [2.05, 4.69) is 220 Å². The molecule has 4 aromatic heterocycles. The van der Waals surface area contributed by atoms with Gasteiger partial charge < -0.3 is 9.13 Å². The molecule has 0 radical (unpaired) electrons. The number of benzene rings is 8. The van der Waals surface area contributed by atoms with Gasteiger partial charge in [-0.25, -0.2) is 9.97 Å². The molecule has 0 amide bonds. The Kier molecular flexibility index (Phi) is 7.47. The quantitative estimate of drug-likeness (QED) is 0.170. The molecule has 0 spiro atoms.